The molecule has 0 spiro atoms. The molecular weight excluding hydrogens is 316 g/mol. The fraction of sp³-hybridized carbons (Fsp3) is 0.882. The number of hydrogen-bond donors (Lipinski definition) is 4. The summed E-state index contributed by atoms with van der Waals surface area (Å²) in [6, 6.07) is 0. The molecule has 7 heteroatoms. The van der Waals surface area contributed by atoms with Gasteiger partial charge in [0.2, 0.25) is 0 Å². The van der Waals surface area contributed by atoms with Gasteiger partial charge in [-0.15, -0.1) is 0 Å². The van der Waals surface area contributed by atoms with E-state index >= 15 is 0 Å². The third kappa shape index (κ3) is 20.8. The van der Waals surface area contributed by atoms with Crippen LogP contribution < -0.4 is 0 Å². The smallest absolute Gasteiger partial charge is 0.305 e. The third-order valence-corrected chi connectivity index (χ3v) is 3.40. The number of carbonyl (C=O) groups is 2. The van der Waals surface area contributed by atoms with E-state index in [0.717, 1.165) is 12.8 Å². The Morgan fingerprint density at radius 3 is 2.12 bits per heavy atom. The maximum absolute atomic E-state index is 10.8. The lowest BCUT2D eigenvalue weighted by molar-refractivity contribution is -0.145. The maximum atomic E-state index is 10.8. The third-order valence-electron chi connectivity index (χ3n) is 3.40. The SMILES string of the molecule is CCCCCCC(C)C(O)O.O=C(O)CCCCC(=O)OCCO. The van der Waals surface area contributed by atoms with Crippen molar-refractivity contribution in [3.8, 4) is 0 Å². The van der Waals surface area contributed by atoms with Crippen LogP contribution in [0.5, 0.6) is 0 Å². The Kier molecular flexibility index (Phi) is 19.0. The van der Waals surface area contributed by atoms with E-state index in [0.29, 0.717) is 12.8 Å². The first-order chi connectivity index (χ1) is 11.3. The molecule has 0 aliphatic rings. The number of aliphatic hydroxyl groups is 3. The summed E-state index contributed by atoms with van der Waals surface area (Å²) < 4.78 is 4.56. The highest BCUT2D eigenvalue weighted by atomic mass is 16.5. The second-order valence-corrected chi connectivity index (χ2v) is 5.79. The van der Waals surface area contributed by atoms with Gasteiger partial charge in [0.25, 0.3) is 0 Å². The highest BCUT2D eigenvalue weighted by Gasteiger charge is 2.08. The summed E-state index contributed by atoms with van der Waals surface area (Å²) in [5.74, 6) is -1.21. The molecule has 1 unspecified atom stereocenters. The number of unbranched alkanes of at least 4 members (excludes halogenated alkanes) is 4. The van der Waals surface area contributed by atoms with Gasteiger partial charge in [0.05, 0.1) is 6.61 Å². The predicted octanol–water partition coefficient (Wildman–Crippen LogP) is 2.07. The van der Waals surface area contributed by atoms with Gasteiger partial charge < -0.3 is 25.2 Å². The van der Waals surface area contributed by atoms with E-state index in [1.807, 2.05) is 6.92 Å². The Hall–Kier alpha value is -1.18. The summed E-state index contributed by atoms with van der Waals surface area (Å²) >= 11 is 0. The average Bonchev–Trinajstić information content (AvgIpc) is 2.53. The van der Waals surface area contributed by atoms with Crippen LogP contribution in [0.15, 0.2) is 0 Å². The van der Waals surface area contributed by atoms with Gasteiger partial charge in [-0.3, -0.25) is 9.59 Å². The lowest BCUT2D eigenvalue weighted by atomic mass is 10.0. The Bertz CT molecular complexity index is 305. The minimum absolute atomic E-state index is 0.0117. The van der Waals surface area contributed by atoms with Gasteiger partial charge in [-0.2, -0.15) is 0 Å². The number of carboxylic acids is 1. The van der Waals surface area contributed by atoms with Gasteiger partial charge in [-0.05, 0) is 19.3 Å². The van der Waals surface area contributed by atoms with Crippen molar-refractivity contribution in [1.29, 1.82) is 0 Å². The molecule has 0 fully saturated rings. The van der Waals surface area contributed by atoms with Crippen molar-refractivity contribution in [2.45, 2.75) is 77.9 Å². The number of esters is 1. The summed E-state index contributed by atoms with van der Waals surface area (Å²) in [7, 11) is 0. The van der Waals surface area contributed by atoms with E-state index in [1.165, 1.54) is 19.3 Å². The molecule has 24 heavy (non-hydrogen) atoms. The number of carbonyl (C=O) groups excluding carboxylic acids is 1. The fourth-order valence-corrected chi connectivity index (χ4v) is 1.82. The summed E-state index contributed by atoms with van der Waals surface area (Å²) in [4.78, 5) is 20.8. The molecule has 0 saturated heterocycles. The monoisotopic (exact) mass is 350 g/mol. The summed E-state index contributed by atoms with van der Waals surface area (Å²) in [5, 5.41) is 34.0. The number of aliphatic carboxylic acids is 1. The molecule has 0 aromatic carbocycles. The van der Waals surface area contributed by atoms with E-state index < -0.39 is 12.3 Å². The summed E-state index contributed by atoms with van der Waals surface area (Å²) in [6.07, 6.45) is 5.90. The second kappa shape index (κ2) is 18.2. The maximum Gasteiger partial charge on any atom is 0.305 e. The number of carboxylic acid groups (broad SMARTS) is 1. The highest BCUT2D eigenvalue weighted by molar-refractivity contribution is 5.69. The van der Waals surface area contributed by atoms with Crippen LogP contribution in [0, 0.1) is 5.92 Å². The lowest BCUT2D eigenvalue weighted by Crippen LogP contribution is -2.15. The van der Waals surface area contributed by atoms with E-state index in [4.69, 9.17) is 20.4 Å². The molecule has 0 bridgehead atoms. The molecule has 7 nitrogen and oxygen atoms in total. The van der Waals surface area contributed by atoms with Crippen LogP contribution in [0.2, 0.25) is 0 Å². The average molecular weight is 350 g/mol. The van der Waals surface area contributed by atoms with E-state index in [9.17, 15) is 9.59 Å². The quantitative estimate of drug-likeness (QED) is 0.228. The van der Waals surface area contributed by atoms with Crippen molar-refractivity contribution < 1.29 is 34.8 Å². The van der Waals surface area contributed by atoms with Crippen molar-refractivity contribution in [2.75, 3.05) is 13.2 Å². The molecule has 0 rings (SSSR count). The molecule has 1 atom stereocenters. The summed E-state index contributed by atoms with van der Waals surface area (Å²) in [6.45, 7) is 3.87. The van der Waals surface area contributed by atoms with Gasteiger partial charge in [0.15, 0.2) is 6.29 Å². The summed E-state index contributed by atoms with van der Waals surface area (Å²) in [5.41, 5.74) is 0. The molecular formula is C17H34O7. The minimum atomic E-state index is -1.13. The first-order valence-electron chi connectivity index (χ1n) is 8.69. The Morgan fingerprint density at radius 1 is 1.00 bits per heavy atom. The van der Waals surface area contributed by atoms with E-state index in [-0.39, 0.29) is 37.9 Å². The van der Waals surface area contributed by atoms with Crippen LogP contribution in [0.25, 0.3) is 0 Å². The van der Waals surface area contributed by atoms with Crippen molar-refractivity contribution in [3.63, 3.8) is 0 Å². The molecule has 0 aliphatic carbocycles. The number of hydrogen-bond acceptors (Lipinski definition) is 6. The zero-order valence-electron chi connectivity index (χ0n) is 14.9. The van der Waals surface area contributed by atoms with Gasteiger partial charge >= 0.3 is 11.9 Å². The van der Waals surface area contributed by atoms with Crippen LogP contribution in [0.3, 0.4) is 0 Å². The zero-order valence-corrected chi connectivity index (χ0v) is 14.9. The van der Waals surface area contributed by atoms with Crippen molar-refractivity contribution in [1.82, 2.24) is 0 Å². The fourth-order valence-electron chi connectivity index (χ4n) is 1.82. The van der Waals surface area contributed by atoms with Crippen molar-refractivity contribution >= 4 is 11.9 Å². The second-order valence-electron chi connectivity index (χ2n) is 5.79. The predicted molar refractivity (Wildman–Crippen MR) is 90.3 cm³/mol. The molecule has 0 saturated carbocycles. The minimum Gasteiger partial charge on any atom is -0.481 e. The standard InChI is InChI=1S/C9H20O2.C8H14O5/c1-3-4-5-6-7-8(2)9(10)11;9-5-6-13-8(12)4-2-1-3-7(10)11/h8-11H,3-7H2,1-2H3;9H,1-6H2,(H,10,11). The van der Waals surface area contributed by atoms with Crippen LogP contribution >= 0.6 is 0 Å². The van der Waals surface area contributed by atoms with Gasteiger partial charge in [-0.1, -0.05) is 39.5 Å². The molecule has 0 aromatic heterocycles. The van der Waals surface area contributed by atoms with Crippen LogP contribution in [-0.4, -0.2) is 51.9 Å². The molecule has 0 aromatic rings. The van der Waals surface area contributed by atoms with Gasteiger partial charge in [0, 0.05) is 18.8 Å². The number of rotatable bonds is 13. The zero-order chi connectivity index (χ0) is 18.8. The number of aliphatic hydroxyl groups excluding tert-OH is 2. The van der Waals surface area contributed by atoms with Gasteiger partial charge in [-0.25, -0.2) is 0 Å². The molecule has 0 heterocycles. The van der Waals surface area contributed by atoms with Crippen LogP contribution in [0.1, 0.15) is 71.6 Å². The lowest BCUT2D eigenvalue weighted by Gasteiger charge is -2.12. The van der Waals surface area contributed by atoms with Gasteiger partial charge in [0.1, 0.15) is 6.61 Å². The van der Waals surface area contributed by atoms with Crippen molar-refractivity contribution in [3.05, 3.63) is 0 Å². The first kappa shape index (κ1) is 25.1. The van der Waals surface area contributed by atoms with Crippen molar-refractivity contribution in [2.24, 2.45) is 5.92 Å². The van der Waals surface area contributed by atoms with Crippen LogP contribution in [-0.2, 0) is 14.3 Å². The molecule has 4 N–H and O–H groups in total. The molecule has 0 amide bonds. The Labute approximate surface area is 144 Å². The topological polar surface area (TPSA) is 124 Å². The van der Waals surface area contributed by atoms with E-state index in [1.54, 1.807) is 0 Å². The molecule has 0 radical (unpaired) electrons. The highest BCUT2D eigenvalue weighted by Crippen LogP contribution is 2.12. The molecule has 0 aliphatic heterocycles. The first-order valence-corrected chi connectivity index (χ1v) is 8.69. The van der Waals surface area contributed by atoms with E-state index in [2.05, 4.69) is 11.7 Å². The largest absolute Gasteiger partial charge is 0.481 e. The normalized spacial score (nSPS) is 11.6. The number of ether oxygens (including phenoxy) is 1. The Morgan fingerprint density at radius 2 is 1.62 bits per heavy atom. The molecule has 144 valence electrons. The Balaban J connectivity index is 0. The van der Waals surface area contributed by atoms with Crippen LogP contribution in [0.4, 0.5) is 0 Å².